The van der Waals surface area contributed by atoms with Gasteiger partial charge in [0.05, 0.1) is 0 Å². The van der Waals surface area contributed by atoms with Crippen LogP contribution in [0.4, 0.5) is 18.9 Å². The molecule has 2 heterocycles. The predicted molar refractivity (Wildman–Crippen MR) is 125 cm³/mol. The molecule has 1 N–H and O–H groups in total. The number of amides is 1. The van der Waals surface area contributed by atoms with Gasteiger partial charge in [-0.15, -0.1) is 0 Å². The number of benzene rings is 2. The number of nitrogens with zero attached hydrogens (tertiary/aromatic N) is 1. The molecule has 32 heavy (non-hydrogen) atoms. The first-order valence-electron chi connectivity index (χ1n) is 10.3. The average molecular weight is 503 g/mol. The van der Waals surface area contributed by atoms with E-state index >= 15 is 0 Å². The third-order valence-corrected chi connectivity index (χ3v) is 8.16. The summed E-state index contributed by atoms with van der Waals surface area (Å²) in [5.74, 6) is 2.49. The largest absolute Gasteiger partial charge is 0.400 e. The third-order valence-electron chi connectivity index (χ3n) is 6.31. The number of rotatable bonds is 5. The number of alkyl halides is 3. The molecular weight excluding hydrogens is 480 g/mol. The molecule has 2 aromatic carbocycles. The molecule has 2 aliphatic rings. The van der Waals surface area contributed by atoms with E-state index in [0.717, 1.165) is 17.1 Å². The van der Waals surface area contributed by atoms with Gasteiger partial charge in [0, 0.05) is 40.9 Å². The summed E-state index contributed by atoms with van der Waals surface area (Å²) in [5, 5.41) is 3.32. The number of hydrogen-bond acceptors (Lipinski definition) is 3. The second kappa shape index (κ2) is 8.99. The number of carbonyl (C=O) groups is 1. The van der Waals surface area contributed by atoms with E-state index in [1.54, 1.807) is 30.0 Å². The lowest BCUT2D eigenvalue weighted by Crippen LogP contribution is -2.44. The van der Waals surface area contributed by atoms with Crippen molar-refractivity contribution in [3.63, 3.8) is 0 Å². The van der Waals surface area contributed by atoms with Crippen molar-refractivity contribution in [1.29, 1.82) is 0 Å². The SMILES string of the molecule is Cc1cc(N2CCC(c3cc(Cl)cc(Cl)c3)(C(F)(F)F)C2)ccc1C(=O)NCC1CSC1. The first-order valence-corrected chi connectivity index (χ1v) is 12.2. The fourth-order valence-corrected chi connectivity index (χ4v) is 5.66. The van der Waals surface area contributed by atoms with Gasteiger partial charge >= 0.3 is 6.18 Å². The van der Waals surface area contributed by atoms with Crippen LogP contribution < -0.4 is 10.2 Å². The topological polar surface area (TPSA) is 32.3 Å². The monoisotopic (exact) mass is 502 g/mol. The Balaban J connectivity index is 1.55. The lowest BCUT2D eigenvalue weighted by Gasteiger charge is -2.33. The third kappa shape index (κ3) is 4.57. The minimum Gasteiger partial charge on any atom is -0.370 e. The molecule has 2 fully saturated rings. The van der Waals surface area contributed by atoms with E-state index < -0.39 is 11.6 Å². The van der Waals surface area contributed by atoms with Crippen LogP contribution in [0.2, 0.25) is 10.0 Å². The van der Waals surface area contributed by atoms with Gasteiger partial charge in [0.2, 0.25) is 0 Å². The highest BCUT2D eigenvalue weighted by Crippen LogP contribution is 2.49. The van der Waals surface area contributed by atoms with E-state index in [1.807, 2.05) is 11.8 Å². The van der Waals surface area contributed by atoms with E-state index in [-0.39, 0.29) is 41.0 Å². The minimum atomic E-state index is -4.47. The quantitative estimate of drug-likeness (QED) is 0.535. The van der Waals surface area contributed by atoms with Crippen molar-refractivity contribution < 1.29 is 18.0 Å². The van der Waals surface area contributed by atoms with Crippen LogP contribution in [0.25, 0.3) is 0 Å². The van der Waals surface area contributed by atoms with Crippen LogP contribution >= 0.6 is 35.0 Å². The van der Waals surface area contributed by atoms with Crippen molar-refractivity contribution in [3.8, 4) is 0 Å². The molecule has 9 heteroatoms. The van der Waals surface area contributed by atoms with E-state index in [0.29, 0.717) is 23.7 Å². The van der Waals surface area contributed by atoms with E-state index in [4.69, 9.17) is 23.2 Å². The summed E-state index contributed by atoms with van der Waals surface area (Å²) in [7, 11) is 0. The fraction of sp³-hybridized carbons (Fsp3) is 0.435. The molecule has 0 aromatic heterocycles. The van der Waals surface area contributed by atoms with Gasteiger partial charge in [0.15, 0.2) is 0 Å². The molecule has 0 bridgehead atoms. The van der Waals surface area contributed by atoms with Crippen LogP contribution in [0.3, 0.4) is 0 Å². The molecule has 172 valence electrons. The van der Waals surface area contributed by atoms with Gasteiger partial charge in [-0.05, 0) is 78.3 Å². The highest BCUT2D eigenvalue weighted by atomic mass is 35.5. The highest BCUT2D eigenvalue weighted by molar-refractivity contribution is 8.00. The summed E-state index contributed by atoms with van der Waals surface area (Å²) in [6.45, 7) is 2.45. The summed E-state index contributed by atoms with van der Waals surface area (Å²) in [6, 6.07) is 9.33. The summed E-state index contributed by atoms with van der Waals surface area (Å²) >= 11 is 13.9. The Labute approximate surface area is 199 Å². The zero-order valence-electron chi connectivity index (χ0n) is 17.4. The molecule has 0 aliphatic carbocycles. The van der Waals surface area contributed by atoms with Gasteiger partial charge in [-0.1, -0.05) is 23.2 Å². The number of hydrogen-bond donors (Lipinski definition) is 1. The zero-order valence-corrected chi connectivity index (χ0v) is 19.8. The minimum absolute atomic E-state index is 0.0758. The highest BCUT2D eigenvalue weighted by Gasteiger charge is 2.59. The predicted octanol–water partition coefficient (Wildman–Crippen LogP) is 6.11. The Morgan fingerprint density at radius 3 is 2.44 bits per heavy atom. The van der Waals surface area contributed by atoms with Crippen molar-refractivity contribution in [2.75, 3.05) is 36.0 Å². The molecule has 1 amide bonds. The van der Waals surface area contributed by atoms with Crippen LogP contribution in [-0.4, -0.2) is 43.2 Å². The van der Waals surface area contributed by atoms with Gasteiger partial charge in [-0.25, -0.2) is 0 Å². The van der Waals surface area contributed by atoms with Crippen LogP contribution in [0.5, 0.6) is 0 Å². The molecule has 1 atom stereocenters. The van der Waals surface area contributed by atoms with Gasteiger partial charge in [-0.3, -0.25) is 4.79 Å². The first-order chi connectivity index (χ1) is 15.1. The molecule has 1 unspecified atom stereocenters. The Morgan fingerprint density at radius 2 is 1.88 bits per heavy atom. The van der Waals surface area contributed by atoms with Crippen LogP contribution in [0, 0.1) is 12.8 Å². The lowest BCUT2D eigenvalue weighted by molar-refractivity contribution is -0.184. The number of thioether (sulfide) groups is 1. The van der Waals surface area contributed by atoms with E-state index in [2.05, 4.69) is 5.32 Å². The fourth-order valence-electron chi connectivity index (χ4n) is 4.32. The Kier molecular flexibility index (Phi) is 6.63. The van der Waals surface area contributed by atoms with Crippen molar-refractivity contribution in [2.45, 2.75) is 24.9 Å². The molecular formula is C23H23Cl2F3N2OS. The van der Waals surface area contributed by atoms with Crippen molar-refractivity contribution >= 4 is 46.6 Å². The summed E-state index contributed by atoms with van der Waals surface area (Å²) in [4.78, 5) is 14.2. The van der Waals surface area contributed by atoms with Crippen LogP contribution in [0.1, 0.15) is 27.9 Å². The Morgan fingerprint density at radius 1 is 1.19 bits per heavy atom. The van der Waals surface area contributed by atoms with Gasteiger partial charge < -0.3 is 10.2 Å². The Bertz CT molecular complexity index is 1010. The second-order valence-corrected chi connectivity index (χ2v) is 10.5. The average Bonchev–Trinajstić information content (AvgIpc) is 3.12. The molecule has 0 spiro atoms. The number of anilines is 1. The normalized spacial score (nSPS) is 21.5. The zero-order chi connectivity index (χ0) is 23.1. The molecule has 3 nitrogen and oxygen atoms in total. The number of carbonyl (C=O) groups excluding carboxylic acids is 1. The van der Waals surface area contributed by atoms with Crippen molar-refractivity contribution in [1.82, 2.24) is 5.32 Å². The molecule has 2 aromatic rings. The maximum absolute atomic E-state index is 14.3. The first kappa shape index (κ1) is 23.6. The van der Waals surface area contributed by atoms with Crippen LogP contribution in [0.15, 0.2) is 36.4 Å². The van der Waals surface area contributed by atoms with Gasteiger partial charge in [-0.2, -0.15) is 24.9 Å². The summed E-state index contributed by atoms with van der Waals surface area (Å²) in [6.07, 6.45) is -4.57. The van der Waals surface area contributed by atoms with Gasteiger partial charge in [0.25, 0.3) is 5.91 Å². The number of aryl methyl sites for hydroxylation is 1. The maximum Gasteiger partial charge on any atom is 0.400 e. The van der Waals surface area contributed by atoms with Crippen LogP contribution in [-0.2, 0) is 5.41 Å². The number of nitrogens with one attached hydrogen (secondary N) is 1. The summed E-state index contributed by atoms with van der Waals surface area (Å²) in [5.41, 5.74) is -0.0470. The van der Waals surface area contributed by atoms with E-state index in [1.165, 1.54) is 18.2 Å². The van der Waals surface area contributed by atoms with Crippen molar-refractivity contribution in [3.05, 3.63) is 63.1 Å². The summed E-state index contributed by atoms with van der Waals surface area (Å²) < 4.78 is 43.0. The molecule has 2 aliphatic heterocycles. The lowest BCUT2D eigenvalue weighted by atomic mass is 9.79. The van der Waals surface area contributed by atoms with E-state index in [9.17, 15) is 18.0 Å². The maximum atomic E-state index is 14.3. The smallest absolute Gasteiger partial charge is 0.370 e. The second-order valence-electron chi connectivity index (χ2n) is 8.52. The molecule has 2 saturated heterocycles. The molecule has 0 radical (unpaired) electrons. The molecule has 0 saturated carbocycles. The van der Waals surface area contributed by atoms with Gasteiger partial charge in [0.1, 0.15) is 5.41 Å². The van der Waals surface area contributed by atoms with Crippen molar-refractivity contribution in [2.24, 2.45) is 5.92 Å². The molecule has 4 rings (SSSR count). The standard InChI is InChI=1S/C23H23Cl2F3N2OS/c1-14-6-19(2-3-20(14)21(31)29-10-15-11-32-12-15)30-5-4-22(13-30,23(26,27)28)16-7-17(24)9-18(25)8-16/h2-3,6-9,15H,4-5,10-13H2,1H3,(H,29,31). The Hall–Kier alpha value is -1.57. The number of halogens is 5.